The van der Waals surface area contributed by atoms with Gasteiger partial charge in [0.15, 0.2) is 5.78 Å². The Kier molecular flexibility index (Phi) is 3.54. The minimum absolute atomic E-state index is 0.115. The fourth-order valence-electron chi connectivity index (χ4n) is 2.78. The summed E-state index contributed by atoms with van der Waals surface area (Å²) in [4.78, 5) is 23.0. The number of hydrogen-bond acceptors (Lipinski definition) is 2. The van der Waals surface area contributed by atoms with Crippen LogP contribution in [0.1, 0.15) is 36.2 Å². The van der Waals surface area contributed by atoms with Gasteiger partial charge >= 0.3 is 5.97 Å². The number of aromatic carboxylic acids is 1. The second-order valence-electron chi connectivity index (χ2n) is 6.48. The molecule has 2 aliphatic carbocycles. The fraction of sp³-hybridized carbons (Fsp3) is 0.200. The van der Waals surface area contributed by atoms with Crippen molar-refractivity contribution in [2.75, 3.05) is 0 Å². The van der Waals surface area contributed by atoms with Gasteiger partial charge in [0.2, 0.25) is 0 Å². The summed E-state index contributed by atoms with van der Waals surface area (Å²) in [5, 5.41) is 8.87. The molecule has 0 amide bonds. The summed E-state index contributed by atoms with van der Waals surface area (Å²) in [5.41, 5.74) is 3.37. The first-order valence-corrected chi connectivity index (χ1v) is 7.39. The molecule has 0 saturated heterocycles. The SMILES string of the molecule is CC1(C)C=C2C=C(C#Cc3ccc(C(=O)O)cc3)C=C2C(=O)C1. The molecule has 0 atom stereocenters. The highest BCUT2D eigenvalue weighted by atomic mass is 16.4. The first-order chi connectivity index (χ1) is 10.8. The van der Waals surface area contributed by atoms with Gasteiger partial charge in [0.25, 0.3) is 0 Å². The number of Topliss-reactive ketones (excluding diaryl/α,β-unsaturated/α-hetero) is 1. The molecule has 3 heteroatoms. The van der Waals surface area contributed by atoms with Gasteiger partial charge in [0.1, 0.15) is 0 Å². The molecule has 0 aromatic heterocycles. The molecule has 0 unspecified atom stereocenters. The first-order valence-electron chi connectivity index (χ1n) is 7.39. The molecule has 0 bridgehead atoms. The van der Waals surface area contributed by atoms with Crippen LogP contribution in [0.5, 0.6) is 0 Å². The van der Waals surface area contributed by atoms with Crippen molar-refractivity contribution >= 4 is 11.8 Å². The van der Waals surface area contributed by atoms with Gasteiger partial charge in [0, 0.05) is 23.1 Å². The van der Waals surface area contributed by atoms with Crippen LogP contribution in [-0.2, 0) is 4.79 Å². The molecule has 0 saturated carbocycles. The Morgan fingerprint density at radius 2 is 1.83 bits per heavy atom. The van der Waals surface area contributed by atoms with Gasteiger partial charge in [-0.25, -0.2) is 4.79 Å². The lowest BCUT2D eigenvalue weighted by Crippen LogP contribution is -2.21. The Morgan fingerprint density at radius 1 is 1.13 bits per heavy atom. The lowest BCUT2D eigenvalue weighted by Gasteiger charge is -2.25. The van der Waals surface area contributed by atoms with E-state index >= 15 is 0 Å². The van der Waals surface area contributed by atoms with Crippen molar-refractivity contribution in [3.05, 3.63) is 70.3 Å². The van der Waals surface area contributed by atoms with Gasteiger partial charge < -0.3 is 5.11 Å². The van der Waals surface area contributed by atoms with Crippen LogP contribution in [0.2, 0.25) is 0 Å². The van der Waals surface area contributed by atoms with E-state index < -0.39 is 5.97 Å². The average Bonchev–Trinajstić information content (AvgIpc) is 2.87. The van der Waals surface area contributed by atoms with Gasteiger partial charge in [-0.3, -0.25) is 4.79 Å². The lowest BCUT2D eigenvalue weighted by molar-refractivity contribution is -0.116. The number of carbonyl (C=O) groups excluding carboxylic acids is 1. The fourth-order valence-corrected chi connectivity index (χ4v) is 2.78. The number of carbonyl (C=O) groups is 2. The average molecular weight is 304 g/mol. The van der Waals surface area contributed by atoms with Crippen LogP contribution >= 0.6 is 0 Å². The summed E-state index contributed by atoms with van der Waals surface area (Å²) in [6.45, 7) is 4.10. The van der Waals surface area contributed by atoms with E-state index in [1.807, 2.05) is 12.2 Å². The second kappa shape index (κ2) is 5.40. The predicted molar refractivity (Wildman–Crippen MR) is 87.9 cm³/mol. The standard InChI is InChI=1S/C20H16O3/c1-20(2)11-16-9-14(10-17(16)18(21)12-20)4-3-13-5-7-15(8-6-13)19(22)23/h5-11H,12H2,1-2H3,(H,22,23). The molecule has 3 rings (SSSR count). The maximum absolute atomic E-state index is 12.2. The van der Waals surface area contributed by atoms with Crippen molar-refractivity contribution in [1.29, 1.82) is 0 Å². The van der Waals surface area contributed by atoms with Crippen LogP contribution in [-0.4, -0.2) is 16.9 Å². The first kappa shape index (κ1) is 15.1. The number of carboxylic acid groups (broad SMARTS) is 1. The summed E-state index contributed by atoms with van der Waals surface area (Å²) < 4.78 is 0. The van der Waals surface area contributed by atoms with Crippen LogP contribution < -0.4 is 0 Å². The number of allylic oxidation sites excluding steroid dienone is 6. The normalized spacial score (nSPS) is 18.2. The lowest BCUT2D eigenvalue weighted by atomic mass is 9.77. The molecule has 0 fully saturated rings. The van der Waals surface area contributed by atoms with E-state index in [2.05, 4.69) is 31.8 Å². The van der Waals surface area contributed by atoms with Gasteiger partial charge in [-0.2, -0.15) is 0 Å². The number of carboxylic acids is 1. The number of fused-ring (bicyclic) bond motifs is 1. The maximum atomic E-state index is 12.2. The quantitative estimate of drug-likeness (QED) is 0.808. The highest BCUT2D eigenvalue weighted by Gasteiger charge is 2.31. The monoisotopic (exact) mass is 304 g/mol. The zero-order valence-electron chi connectivity index (χ0n) is 13.0. The maximum Gasteiger partial charge on any atom is 0.335 e. The molecule has 2 aliphatic rings. The summed E-state index contributed by atoms with van der Waals surface area (Å²) in [7, 11) is 0. The van der Waals surface area contributed by atoms with E-state index in [0.717, 1.165) is 22.3 Å². The van der Waals surface area contributed by atoms with Gasteiger partial charge in [-0.05, 0) is 47.4 Å². The van der Waals surface area contributed by atoms with E-state index in [4.69, 9.17) is 5.11 Å². The zero-order valence-corrected chi connectivity index (χ0v) is 13.0. The second-order valence-corrected chi connectivity index (χ2v) is 6.48. The summed E-state index contributed by atoms with van der Waals surface area (Å²) >= 11 is 0. The van der Waals surface area contributed by atoms with Gasteiger partial charge in [0.05, 0.1) is 5.56 Å². The summed E-state index contributed by atoms with van der Waals surface area (Å²) in [6.07, 6.45) is 6.42. The van der Waals surface area contributed by atoms with Crippen LogP contribution in [0.3, 0.4) is 0 Å². The third-order valence-electron chi connectivity index (χ3n) is 3.87. The third kappa shape index (κ3) is 3.17. The van der Waals surface area contributed by atoms with Crippen molar-refractivity contribution in [3.63, 3.8) is 0 Å². The molecule has 1 aromatic carbocycles. The van der Waals surface area contributed by atoms with Gasteiger partial charge in [-0.1, -0.05) is 31.8 Å². The minimum Gasteiger partial charge on any atom is -0.478 e. The Balaban J connectivity index is 1.86. The molecule has 1 aromatic rings. The molecular weight excluding hydrogens is 288 g/mol. The van der Waals surface area contributed by atoms with Crippen molar-refractivity contribution < 1.29 is 14.7 Å². The molecule has 0 radical (unpaired) electrons. The molecular formula is C20H16O3. The number of rotatable bonds is 1. The number of ketones is 1. The molecule has 23 heavy (non-hydrogen) atoms. The summed E-state index contributed by atoms with van der Waals surface area (Å²) in [5.74, 6) is 5.25. The Labute approximate surface area is 135 Å². The predicted octanol–water partition coefficient (Wildman–Crippen LogP) is 3.53. The number of benzene rings is 1. The van der Waals surface area contributed by atoms with Crippen molar-refractivity contribution in [1.82, 2.24) is 0 Å². The largest absolute Gasteiger partial charge is 0.478 e. The molecule has 0 aliphatic heterocycles. The van der Waals surface area contributed by atoms with Crippen molar-refractivity contribution in [3.8, 4) is 11.8 Å². The van der Waals surface area contributed by atoms with Crippen LogP contribution in [0.4, 0.5) is 0 Å². The Hall–Kier alpha value is -2.86. The van der Waals surface area contributed by atoms with Crippen LogP contribution in [0.15, 0.2) is 59.2 Å². The molecule has 114 valence electrons. The van der Waals surface area contributed by atoms with Crippen molar-refractivity contribution in [2.45, 2.75) is 20.3 Å². The van der Waals surface area contributed by atoms with E-state index in [1.165, 1.54) is 12.1 Å². The summed E-state index contributed by atoms with van der Waals surface area (Å²) in [6, 6.07) is 6.42. The number of hydrogen-bond donors (Lipinski definition) is 1. The molecule has 0 spiro atoms. The van der Waals surface area contributed by atoms with Gasteiger partial charge in [-0.15, -0.1) is 0 Å². The molecule has 1 N–H and O–H groups in total. The Bertz CT molecular complexity index is 850. The highest BCUT2D eigenvalue weighted by molar-refractivity contribution is 6.04. The minimum atomic E-state index is -0.954. The van der Waals surface area contributed by atoms with Crippen LogP contribution in [0, 0.1) is 17.3 Å². The smallest absolute Gasteiger partial charge is 0.335 e. The Morgan fingerprint density at radius 3 is 2.48 bits per heavy atom. The van der Waals surface area contributed by atoms with E-state index in [1.54, 1.807) is 12.1 Å². The third-order valence-corrected chi connectivity index (χ3v) is 3.87. The van der Waals surface area contributed by atoms with Crippen molar-refractivity contribution in [2.24, 2.45) is 5.41 Å². The molecule has 0 heterocycles. The molecule has 3 nitrogen and oxygen atoms in total. The highest BCUT2D eigenvalue weighted by Crippen LogP contribution is 2.38. The van der Waals surface area contributed by atoms with Crippen LogP contribution in [0.25, 0.3) is 0 Å². The van der Waals surface area contributed by atoms with E-state index in [9.17, 15) is 9.59 Å². The van der Waals surface area contributed by atoms with E-state index in [0.29, 0.717) is 6.42 Å². The topological polar surface area (TPSA) is 54.4 Å². The van der Waals surface area contributed by atoms with E-state index in [-0.39, 0.29) is 16.8 Å². The zero-order chi connectivity index (χ0) is 16.6.